The molecule has 1 aromatic carbocycles. The molecule has 2 heterocycles. The first kappa shape index (κ1) is 18.3. The van der Waals surface area contributed by atoms with E-state index in [1.54, 1.807) is 0 Å². The number of rotatable bonds is 4. The van der Waals surface area contributed by atoms with Crippen LogP contribution >= 0.6 is 11.3 Å². The van der Waals surface area contributed by atoms with Crippen molar-refractivity contribution in [1.29, 1.82) is 0 Å². The molecule has 2 aromatic heterocycles. The Morgan fingerprint density at radius 3 is 2.54 bits per heavy atom. The molecule has 1 N–H and O–H groups in total. The van der Waals surface area contributed by atoms with E-state index in [0.29, 0.717) is 22.5 Å². The van der Waals surface area contributed by atoms with E-state index >= 15 is 0 Å². The first-order valence-electron chi connectivity index (χ1n) is 8.53. The topological polar surface area (TPSA) is 72.2 Å². The van der Waals surface area contributed by atoms with Crippen molar-refractivity contribution in [2.24, 2.45) is 0 Å². The molecule has 0 bridgehead atoms. The van der Waals surface area contributed by atoms with E-state index in [1.165, 1.54) is 35.3 Å². The highest BCUT2D eigenvalue weighted by Gasteiger charge is 2.34. The van der Waals surface area contributed by atoms with Crippen LogP contribution in [-0.4, -0.2) is 20.6 Å². The van der Waals surface area contributed by atoms with Gasteiger partial charge in [0.05, 0.1) is 5.39 Å². The summed E-state index contributed by atoms with van der Waals surface area (Å²) in [4.78, 5) is 30.4. The highest BCUT2D eigenvalue weighted by molar-refractivity contribution is 7.17. The maximum Gasteiger partial charge on any atom is 0.329 e. The van der Waals surface area contributed by atoms with Crippen LogP contribution in [0.15, 0.2) is 28.4 Å². The average molecular weight is 370 g/mol. The van der Waals surface area contributed by atoms with Crippen molar-refractivity contribution in [2.45, 2.75) is 46.6 Å². The minimum absolute atomic E-state index is 0.297. The first-order valence-corrected chi connectivity index (χ1v) is 9.41. The van der Waals surface area contributed by atoms with Gasteiger partial charge in [0.1, 0.15) is 16.2 Å². The molecule has 0 radical (unpaired) electrons. The number of aromatic nitrogens is 2. The average Bonchev–Trinajstić information content (AvgIpc) is 3.01. The van der Waals surface area contributed by atoms with Crippen LogP contribution in [0.1, 0.15) is 37.7 Å². The van der Waals surface area contributed by atoms with Gasteiger partial charge in [0, 0.05) is 17.4 Å². The molecule has 6 heteroatoms. The predicted octanol–water partition coefficient (Wildman–Crippen LogP) is 4.12. The third kappa shape index (κ3) is 2.74. The number of nitrogens with zero attached hydrogens (tertiary/aromatic N) is 2. The molecule has 0 spiro atoms. The van der Waals surface area contributed by atoms with Crippen LogP contribution in [0.2, 0.25) is 0 Å². The number of carboxylic acids is 1. The molecule has 0 saturated heterocycles. The van der Waals surface area contributed by atoms with Gasteiger partial charge in [-0.25, -0.2) is 9.78 Å². The quantitative estimate of drug-likeness (QED) is 0.750. The second-order valence-electron chi connectivity index (χ2n) is 7.01. The van der Waals surface area contributed by atoms with Gasteiger partial charge in [-0.2, -0.15) is 0 Å². The standard InChI is InChI=1S/C20H22N2O3S/c1-6-15-21-17-16(18(23)22(15)20(4,5)19(24)25)14(10-26-17)13-8-7-11(2)12(3)9-13/h7-10H,6H2,1-5H3,(H,24,25). The van der Waals surface area contributed by atoms with E-state index in [9.17, 15) is 14.7 Å². The van der Waals surface area contributed by atoms with Crippen molar-refractivity contribution in [3.8, 4) is 11.1 Å². The lowest BCUT2D eigenvalue weighted by Gasteiger charge is -2.25. The highest BCUT2D eigenvalue weighted by Crippen LogP contribution is 2.33. The van der Waals surface area contributed by atoms with Gasteiger partial charge in [-0.15, -0.1) is 11.3 Å². The van der Waals surface area contributed by atoms with Gasteiger partial charge in [-0.3, -0.25) is 9.36 Å². The SMILES string of the molecule is CCc1nc2scc(-c3ccc(C)c(C)c3)c2c(=O)n1C(C)(C)C(=O)O. The van der Waals surface area contributed by atoms with Gasteiger partial charge in [0.15, 0.2) is 0 Å². The van der Waals surface area contributed by atoms with Crippen LogP contribution in [0.5, 0.6) is 0 Å². The van der Waals surface area contributed by atoms with Crippen molar-refractivity contribution in [2.75, 3.05) is 0 Å². The highest BCUT2D eigenvalue weighted by atomic mass is 32.1. The van der Waals surface area contributed by atoms with E-state index in [4.69, 9.17) is 0 Å². The second-order valence-corrected chi connectivity index (χ2v) is 7.87. The molecular formula is C20H22N2O3S. The van der Waals surface area contributed by atoms with Gasteiger partial charge in [-0.1, -0.05) is 25.1 Å². The number of fused-ring (bicyclic) bond motifs is 1. The zero-order valence-electron chi connectivity index (χ0n) is 15.6. The summed E-state index contributed by atoms with van der Waals surface area (Å²) < 4.78 is 1.33. The molecule has 3 rings (SSSR count). The molecular weight excluding hydrogens is 348 g/mol. The molecule has 0 aliphatic carbocycles. The number of carbonyl (C=O) groups is 1. The number of carboxylic acid groups (broad SMARTS) is 1. The van der Waals surface area contributed by atoms with Crippen LogP contribution in [0.25, 0.3) is 21.3 Å². The maximum absolute atomic E-state index is 13.3. The van der Waals surface area contributed by atoms with Crippen molar-refractivity contribution in [3.63, 3.8) is 0 Å². The molecule has 5 nitrogen and oxygen atoms in total. The zero-order valence-corrected chi connectivity index (χ0v) is 16.4. The number of aryl methyl sites for hydroxylation is 3. The smallest absolute Gasteiger partial charge is 0.329 e. The van der Waals surface area contributed by atoms with Crippen molar-refractivity contribution < 1.29 is 9.90 Å². The Morgan fingerprint density at radius 2 is 1.96 bits per heavy atom. The van der Waals surface area contributed by atoms with Crippen LogP contribution in [0.4, 0.5) is 0 Å². The molecule has 0 aliphatic rings. The summed E-state index contributed by atoms with van der Waals surface area (Å²) >= 11 is 1.42. The minimum Gasteiger partial charge on any atom is -0.480 e. The number of hydrogen-bond donors (Lipinski definition) is 1. The summed E-state index contributed by atoms with van der Waals surface area (Å²) in [5.41, 5.74) is 2.42. The molecule has 0 unspecified atom stereocenters. The Kier molecular flexibility index (Phi) is 4.48. The Bertz CT molecular complexity index is 1080. The van der Waals surface area contributed by atoms with Crippen molar-refractivity contribution >= 4 is 27.5 Å². The monoisotopic (exact) mass is 370 g/mol. The summed E-state index contributed by atoms with van der Waals surface area (Å²) in [6, 6.07) is 6.07. The van der Waals surface area contributed by atoms with Crippen molar-refractivity contribution in [3.05, 3.63) is 50.9 Å². The van der Waals surface area contributed by atoms with E-state index in [1.807, 2.05) is 38.3 Å². The maximum atomic E-state index is 13.3. The number of aliphatic carboxylic acids is 1. The van der Waals surface area contributed by atoms with E-state index in [0.717, 1.165) is 16.7 Å². The largest absolute Gasteiger partial charge is 0.480 e. The Morgan fingerprint density at radius 1 is 1.27 bits per heavy atom. The van der Waals surface area contributed by atoms with Crippen LogP contribution in [0, 0.1) is 13.8 Å². The Balaban J connectivity index is 2.38. The molecule has 0 fully saturated rings. The summed E-state index contributed by atoms with van der Waals surface area (Å²) in [5, 5.41) is 12.1. The molecule has 136 valence electrons. The third-order valence-corrected chi connectivity index (χ3v) is 5.77. The zero-order chi connectivity index (χ0) is 19.2. The molecule has 0 amide bonds. The van der Waals surface area contributed by atoms with Gasteiger partial charge in [0.25, 0.3) is 5.56 Å². The van der Waals surface area contributed by atoms with Gasteiger partial charge < -0.3 is 5.11 Å². The lowest BCUT2D eigenvalue weighted by Crippen LogP contribution is -2.44. The van der Waals surface area contributed by atoms with E-state index < -0.39 is 11.5 Å². The van der Waals surface area contributed by atoms with Gasteiger partial charge in [-0.05, 0) is 44.4 Å². The fourth-order valence-corrected chi connectivity index (χ4v) is 4.02. The first-order chi connectivity index (χ1) is 12.2. The van der Waals surface area contributed by atoms with Crippen LogP contribution in [0.3, 0.4) is 0 Å². The predicted molar refractivity (Wildman–Crippen MR) is 105 cm³/mol. The van der Waals surface area contributed by atoms with Crippen LogP contribution in [-0.2, 0) is 16.8 Å². The second kappa shape index (κ2) is 6.36. The van der Waals surface area contributed by atoms with E-state index in [2.05, 4.69) is 11.1 Å². The summed E-state index contributed by atoms with van der Waals surface area (Å²) in [7, 11) is 0. The van der Waals surface area contributed by atoms with Crippen LogP contribution < -0.4 is 5.56 Å². The fraction of sp³-hybridized carbons (Fsp3) is 0.350. The summed E-state index contributed by atoms with van der Waals surface area (Å²) in [6.07, 6.45) is 0.485. The lowest BCUT2D eigenvalue weighted by molar-refractivity contribution is -0.146. The van der Waals surface area contributed by atoms with Gasteiger partial charge in [0.2, 0.25) is 0 Å². The normalized spacial score (nSPS) is 11.9. The summed E-state index contributed by atoms with van der Waals surface area (Å²) in [6.45, 7) is 9.02. The minimum atomic E-state index is -1.37. The summed E-state index contributed by atoms with van der Waals surface area (Å²) in [5.74, 6) is -0.568. The fourth-order valence-electron chi connectivity index (χ4n) is 3.06. The molecule has 26 heavy (non-hydrogen) atoms. The number of hydrogen-bond acceptors (Lipinski definition) is 4. The van der Waals surface area contributed by atoms with Crippen molar-refractivity contribution in [1.82, 2.24) is 9.55 Å². The Hall–Kier alpha value is -2.47. The number of benzene rings is 1. The van der Waals surface area contributed by atoms with E-state index in [-0.39, 0.29) is 5.56 Å². The molecule has 0 atom stereocenters. The molecule has 0 aliphatic heterocycles. The van der Waals surface area contributed by atoms with Gasteiger partial charge >= 0.3 is 5.97 Å². The Labute approximate surface area is 155 Å². The molecule has 0 saturated carbocycles. The lowest BCUT2D eigenvalue weighted by atomic mass is 10.00. The third-order valence-electron chi connectivity index (χ3n) is 4.89. The number of thiophene rings is 1. The molecule has 3 aromatic rings.